The van der Waals surface area contributed by atoms with Gasteiger partial charge in [0, 0.05) is 62.9 Å². The summed E-state index contributed by atoms with van der Waals surface area (Å²) in [6.07, 6.45) is 2.75. The summed E-state index contributed by atoms with van der Waals surface area (Å²) in [4.78, 5) is 12.2. The summed E-state index contributed by atoms with van der Waals surface area (Å²) in [7, 11) is 6.12. The molecule has 2 aromatic rings. The predicted molar refractivity (Wildman–Crippen MR) is 121 cm³/mol. The average molecular weight is 488 g/mol. The maximum atomic E-state index is 13.5. The van der Waals surface area contributed by atoms with E-state index in [1.807, 2.05) is 6.20 Å². The fourth-order valence-corrected chi connectivity index (χ4v) is 3.43. The highest BCUT2D eigenvalue weighted by molar-refractivity contribution is 14.0. The van der Waals surface area contributed by atoms with Crippen molar-refractivity contribution >= 4 is 40.8 Å². The molecule has 0 aliphatic carbocycles. The van der Waals surface area contributed by atoms with Gasteiger partial charge in [0.2, 0.25) is 0 Å². The number of likely N-dealkylation sites (N-methyl/N-ethyl adjacent to an activating group) is 2. The third-order valence-electron chi connectivity index (χ3n) is 5.13. The van der Waals surface area contributed by atoms with Crippen LogP contribution in [0, 0.1) is 5.82 Å². The maximum Gasteiger partial charge on any atom is 0.191 e. The number of rotatable bonds is 5. The second-order valence-corrected chi connectivity index (χ2v) is 7.03. The van der Waals surface area contributed by atoms with Crippen molar-refractivity contribution in [1.29, 1.82) is 0 Å². The van der Waals surface area contributed by atoms with Crippen molar-refractivity contribution in [3.63, 3.8) is 0 Å². The molecule has 1 unspecified atom stereocenters. The Hall–Kier alpha value is -1.39. The van der Waals surface area contributed by atoms with Gasteiger partial charge in [-0.15, -0.1) is 24.0 Å². The minimum Gasteiger partial charge on any atom is -0.361 e. The molecule has 0 saturated carbocycles. The van der Waals surface area contributed by atoms with E-state index < -0.39 is 0 Å². The molecule has 0 amide bonds. The fourth-order valence-electron chi connectivity index (χ4n) is 3.43. The molecule has 1 atom stereocenters. The number of hydrogen-bond acceptors (Lipinski definition) is 3. The summed E-state index contributed by atoms with van der Waals surface area (Å²) in [6.45, 7) is 4.86. The van der Waals surface area contributed by atoms with Gasteiger partial charge >= 0.3 is 0 Å². The molecule has 27 heavy (non-hydrogen) atoms. The number of hydrogen-bond donors (Lipinski definition) is 3. The number of aliphatic imine (C=N–C) groups is 1. The highest BCUT2D eigenvalue weighted by Gasteiger charge is 2.21. The van der Waals surface area contributed by atoms with Crippen LogP contribution < -0.4 is 10.6 Å². The van der Waals surface area contributed by atoms with E-state index in [4.69, 9.17) is 0 Å². The van der Waals surface area contributed by atoms with Gasteiger partial charge in [0.25, 0.3) is 0 Å². The monoisotopic (exact) mass is 488 g/mol. The molecule has 3 N–H and O–H groups in total. The van der Waals surface area contributed by atoms with Gasteiger partial charge in [-0.05, 0) is 44.3 Å². The smallest absolute Gasteiger partial charge is 0.191 e. The molecule has 0 bridgehead atoms. The maximum absolute atomic E-state index is 13.5. The largest absolute Gasteiger partial charge is 0.361 e. The van der Waals surface area contributed by atoms with E-state index >= 15 is 0 Å². The van der Waals surface area contributed by atoms with Gasteiger partial charge in [-0.3, -0.25) is 9.89 Å². The van der Waals surface area contributed by atoms with Crippen molar-refractivity contribution in [2.24, 2.45) is 4.99 Å². The number of piperazine rings is 1. The third-order valence-corrected chi connectivity index (χ3v) is 5.13. The van der Waals surface area contributed by atoms with Crippen LogP contribution in [0.1, 0.15) is 5.56 Å². The van der Waals surface area contributed by atoms with E-state index in [9.17, 15) is 4.39 Å². The first-order valence-corrected chi connectivity index (χ1v) is 9.15. The SMILES string of the molecule is CN=C(NCCc1c[nH]c2ccc(F)cc12)NCC1CN(C)CCN1C.I. The second kappa shape index (κ2) is 10.2. The molecular weight excluding hydrogens is 458 g/mol. The first-order valence-electron chi connectivity index (χ1n) is 9.15. The number of aromatic amines is 1. The molecular formula is C19H30FIN6. The van der Waals surface area contributed by atoms with Crippen molar-refractivity contribution < 1.29 is 4.39 Å². The number of nitrogens with one attached hydrogen (secondary N) is 3. The van der Waals surface area contributed by atoms with Crippen LogP contribution in [0.25, 0.3) is 10.9 Å². The van der Waals surface area contributed by atoms with Crippen LogP contribution in [0.15, 0.2) is 29.4 Å². The summed E-state index contributed by atoms with van der Waals surface area (Å²) >= 11 is 0. The summed E-state index contributed by atoms with van der Waals surface area (Å²) in [5.41, 5.74) is 2.07. The van der Waals surface area contributed by atoms with Gasteiger partial charge in [-0.1, -0.05) is 0 Å². The van der Waals surface area contributed by atoms with E-state index in [-0.39, 0.29) is 29.8 Å². The number of nitrogens with zero attached hydrogens (tertiary/aromatic N) is 3. The number of aromatic nitrogens is 1. The molecule has 1 fully saturated rings. The van der Waals surface area contributed by atoms with Crippen LogP contribution in [0.2, 0.25) is 0 Å². The van der Waals surface area contributed by atoms with E-state index in [0.717, 1.165) is 61.6 Å². The molecule has 0 radical (unpaired) electrons. The molecule has 1 aromatic heterocycles. The lowest BCUT2D eigenvalue weighted by molar-refractivity contribution is 0.116. The van der Waals surface area contributed by atoms with Crippen LogP contribution in [0.5, 0.6) is 0 Å². The Morgan fingerprint density at radius 3 is 2.89 bits per heavy atom. The van der Waals surface area contributed by atoms with Crippen molar-refractivity contribution in [3.05, 3.63) is 35.8 Å². The molecule has 6 nitrogen and oxygen atoms in total. The normalized spacial score (nSPS) is 19.1. The molecule has 8 heteroatoms. The van der Waals surface area contributed by atoms with Gasteiger partial charge in [-0.25, -0.2) is 4.39 Å². The topological polar surface area (TPSA) is 58.7 Å². The summed E-state index contributed by atoms with van der Waals surface area (Å²) in [6, 6.07) is 5.32. The zero-order valence-electron chi connectivity index (χ0n) is 16.3. The zero-order chi connectivity index (χ0) is 18.5. The predicted octanol–water partition coefficient (Wildman–Crippen LogP) is 1.88. The molecule has 0 spiro atoms. The van der Waals surface area contributed by atoms with Crippen molar-refractivity contribution in [1.82, 2.24) is 25.4 Å². The lowest BCUT2D eigenvalue weighted by atomic mass is 10.1. The fraction of sp³-hybridized carbons (Fsp3) is 0.526. The molecule has 2 heterocycles. The number of benzene rings is 1. The first kappa shape index (κ1) is 21.9. The molecule has 1 aliphatic rings. The average Bonchev–Trinajstić information content (AvgIpc) is 3.02. The molecule has 150 valence electrons. The molecule has 1 saturated heterocycles. The summed E-state index contributed by atoms with van der Waals surface area (Å²) in [5.74, 6) is 0.600. The van der Waals surface area contributed by atoms with E-state index in [0.29, 0.717) is 6.04 Å². The highest BCUT2D eigenvalue weighted by Crippen LogP contribution is 2.19. The Labute approximate surface area is 177 Å². The van der Waals surface area contributed by atoms with Crippen molar-refractivity contribution in [2.75, 3.05) is 53.9 Å². The van der Waals surface area contributed by atoms with E-state index in [2.05, 4.69) is 44.5 Å². The standard InChI is InChI=1S/C19H29FN6.HI/c1-21-19(24-12-16-13-25(2)8-9-26(16)3)22-7-6-14-11-23-18-5-4-15(20)10-17(14)18;/h4-5,10-11,16,23H,6-9,12-13H2,1-3H3,(H2,21,22,24);1H. The van der Waals surface area contributed by atoms with Gasteiger partial charge in [0.15, 0.2) is 5.96 Å². The van der Waals surface area contributed by atoms with Crippen LogP contribution >= 0.6 is 24.0 Å². The van der Waals surface area contributed by atoms with E-state index in [1.54, 1.807) is 19.2 Å². The van der Waals surface area contributed by atoms with Gasteiger partial charge < -0.3 is 20.5 Å². The molecule has 1 aliphatic heterocycles. The lowest BCUT2D eigenvalue weighted by Crippen LogP contribution is -2.55. The van der Waals surface area contributed by atoms with Crippen LogP contribution in [-0.2, 0) is 6.42 Å². The number of guanidine groups is 1. The Morgan fingerprint density at radius 2 is 2.11 bits per heavy atom. The lowest BCUT2D eigenvalue weighted by Gasteiger charge is -2.37. The molecule has 1 aromatic carbocycles. The Balaban J connectivity index is 0.00000261. The minimum atomic E-state index is -0.203. The first-order chi connectivity index (χ1) is 12.6. The quantitative estimate of drug-likeness (QED) is 0.342. The molecule has 3 rings (SSSR count). The van der Waals surface area contributed by atoms with Crippen molar-refractivity contribution in [2.45, 2.75) is 12.5 Å². The highest BCUT2D eigenvalue weighted by atomic mass is 127. The minimum absolute atomic E-state index is 0. The summed E-state index contributed by atoms with van der Waals surface area (Å²) in [5, 5.41) is 7.72. The summed E-state index contributed by atoms with van der Waals surface area (Å²) < 4.78 is 13.5. The zero-order valence-corrected chi connectivity index (χ0v) is 18.6. The van der Waals surface area contributed by atoms with Crippen molar-refractivity contribution in [3.8, 4) is 0 Å². The number of H-pyrrole nitrogens is 1. The van der Waals surface area contributed by atoms with Crippen LogP contribution in [-0.4, -0.2) is 80.7 Å². The van der Waals surface area contributed by atoms with Gasteiger partial charge in [0.05, 0.1) is 0 Å². The number of halogens is 2. The second-order valence-electron chi connectivity index (χ2n) is 7.03. The third kappa shape index (κ3) is 5.79. The van der Waals surface area contributed by atoms with Crippen LogP contribution in [0.4, 0.5) is 4.39 Å². The Bertz CT molecular complexity index is 762. The Morgan fingerprint density at radius 1 is 1.30 bits per heavy atom. The van der Waals surface area contributed by atoms with Gasteiger partial charge in [0.1, 0.15) is 5.82 Å². The van der Waals surface area contributed by atoms with Gasteiger partial charge in [-0.2, -0.15) is 0 Å². The van der Waals surface area contributed by atoms with E-state index in [1.165, 1.54) is 6.07 Å². The number of fused-ring (bicyclic) bond motifs is 1. The Kier molecular flexibility index (Phi) is 8.30. The van der Waals surface area contributed by atoms with Crippen LogP contribution in [0.3, 0.4) is 0 Å².